The van der Waals surface area contributed by atoms with Crippen LogP contribution in [0.15, 0.2) is 24.3 Å². The zero-order valence-corrected chi connectivity index (χ0v) is 22.0. The number of fused-ring (bicyclic) bond motifs is 3. The van der Waals surface area contributed by atoms with Crippen LogP contribution in [-0.4, -0.2) is 86.9 Å². The number of hydrogen-bond donors (Lipinski definition) is 0. The van der Waals surface area contributed by atoms with Crippen LogP contribution in [-0.2, 0) is 16.0 Å². The largest absolute Gasteiger partial charge is 0.341 e. The minimum atomic E-state index is 0.171. The number of carbonyl (C=O) groups is 2. The van der Waals surface area contributed by atoms with Crippen molar-refractivity contribution < 1.29 is 9.59 Å². The van der Waals surface area contributed by atoms with Crippen molar-refractivity contribution in [3.63, 3.8) is 0 Å². The molecule has 0 saturated carbocycles. The van der Waals surface area contributed by atoms with Gasteiger partial charge in [0.1, 0.15) is 0 Å². The molecule has 0 N–H and O–H groups in total. The van der Waals surface area contributed by atoms with Gasteiger partial charge in [-0.05, 0) is 56.2 Å². The lowest BCUT2D eigenvalue weighted by atomic mass is 9.92. The molecule has 2 fully saturated rings. The average molecular weight is 491 g/mol. The molecular weight excluding hydrogens is 452 g/mol. The van der Waals surface area contributed by atoms with Gasteiger partial charge in [-0.15, -0.1) is 0 Å². The van der Waals surface area contributed by atoms with E-state index >= 15 is 0 Å². The number of amides is 2. The topological polar surface area (TPSA) is 74.0 Å². The van der Waals surface area contributed by atoms with Gasteiger partial charge in [-0.3, -0.25) is 14.5 Å². The average Bonchev–Trinajstić information content (AvgIpc) is 3.22. The lowest BCUT2D eigenvalue weighted by molar-refractivity contribution is -0.136. The lowest BCUT2D eigenvalue weighted by Crippen LogP contribution is -2.53. The summed E-state index contributed by atoms with van der Waals surface area (Å²) in [4.78, 5) is 36.9. The molecule has 3 aromatic rings. The summed E-state index contributed by atoms with van der Waals surface area (Å²) < 4.78 is 1.91. The van der Waals surface area contributed by atoms with E-state index in [9.17, 15) is 9.59 Å². The van der Waals surface area contributed by atoms with E-state index in [0.29, 0.717) is 44.3 Å². The van der Waals surface area contributed by atoms with Crippen LogP contribution < -0.4 is 0 Å². The molecule has 2 unspecified atom stereocenters. The summed E-state index contributed by atoms with van der Waals surface area (Å²) in [5, 5.41) is 5.78. The molecule has 2 aliphatic rings. The van der Waals surface area contributed by atoms with Crippen LogP contribution >= 0.6 is 0 Å². The van der Waals surface area contributed by atoms with Gasteiger partial charge in [-0.2, -0.15) is 5.10 Å². The van der Waals surface area contributed by atoms with Gasteiger partial charge >= 0.3 is 0 Å². The fraction of sp³-hybridized carbons (Fsp3) is 0.571. The second kappa shape index (κ2) is 10.2. The minimum Gasteiger partial charge on any atom is -0.341 e. The molecular formula is C28H38N6O2. The molecule has 4 heterocycles. The van der Waals surface area contributed by atoms with Crippen LogP contribution in [0.1, 0.15) is 43.6 Å². The molecule has 192 valence electrons. The monoisotopic (exact) mass is 490 g/mol. The molecule has 8 nitrogen and oxygen atoms in total. The van der Waals surface area contributed by atoms with Gasteiger partial charge in [0, 0.05) is 62.5 Å². The molecule has 2 atom stereocenters. The van der Waals surface area contributed by atoms with Crippen molar-refractivity contribution in [1.82, 2.24) is 29.3 Å². The second-order valence-electron chi connectivity index (χ2n) is 10.9. The highest BCUT2D eigenvalue weighted by Gasteiger charge is 2.28. The van der Waals surface area contributed by atoms with Crippen molar-refractivity contribution in [2.45, 2.75) is 47.0 Å². The van der Waals surface area contributed by atoms with Crippen LogP contribution in [0.5, 0.6) is 0 Å². The van der Waals surface area contributed by atoms with Crippen LogP contribution in [0.25, 0.3) is 16.6 Å². The van der Waals surface area contributed by atoms with Gasteiger partial charge in [0.2, 0.25) is 11.8 Å². The summed E-state index contributed by atoms with van der Waals surface area (Å²) >= 11 is 0. The maximum atomic E-state index is 13.0. The van der Waals surface area contributed by atoms with Gasteiger partial charge in [-0.1, -0.05) is 26.0 Å². The third-order valence-electron chi connectivity index (χ3n) is 7.91. The molecule has 2 aliphatic heterocycles. The highest BCUT2D eigenvalue weighted by Crippen LogP contribution is 2.24. The quantitative estimate of drug-likeness (QED) is 0.550. The van der Waals surface area contributed by atoms with E-state index in [4.69, 9.17) is 10.1 Å². The van der Waals surface area contributed by atoms with Gasteiger partial charge in [0.25, 0.3) is 0 Å². The number of hydrogen-bond acceptors (Lipinski definition) is 5. The van der Waals surface area contributed by atoms with Crippen LogP contribution in [0.2, 0.25) is 0 Å². The number of benzene rings is 1. The molecule has 2 aromatic heterocycles. The van der Waals surface area contributed by atoms with Crippen molar-refractivity contribution in [1.29, 1.82) is 0 Å². The Hall–Kier alpha value is -3.00. The van der Waals surface area contributed by atoms with E-state index in [1.807, 2.05) is 45.5 Å². The number of likely N-dealkylation sites (tertiary alicyclic amines) is 1. The fourth-order valence-corrected chi connectivity index (χ4v) is 6.04. The Balaban J connectivity index is 1.16. The first-order chi connectivity index (χ1) is 17.3. The molecule has 8 heteroatoms. The lowest BCUT2D eigenvalue weighted by Gasteiger charge is -2.38. The molecule has 0 spiro atoms. The third kappa shape index (κ3) is 4.96. The summed E-state index contributed by atoms with van der Waals surface area (Å²) in [6.07, 6.45) is 2.31. The molecule has 0 aliphatic carbocycles. The highest BCUT2D eigenvalue weighted by atomic mass is 16.2. The highest BCUT2D eigenvalue weighted by molar-refractivity contribution is 5.92. The number of piperidine rings is 1. The smallest absolute Gasteiger partial charge is 0.236 e. The first kappa shape index (κ1) is 24.7. The Morgan fingerprint density at radius 1 is 0.944 bits per heavy atom. The Labute approximate surface area is 213 Å². The maximum Gasteiger partial charge on any atom is 0.236 e. The van der Waals surface area contributed by atoms with Gasteiger partial charge < -0.3 is 9.80 Å². The van der Waals surface area contributed by atoms with Crippen molar-refractivity contribution in [3.05, 3.63) is 41.2 Å². The van der Waals surface area contributed by atoms with Gasteiger partial charge in [-0.25, -0.2) is 9.50 Å². The molecule has 5 rings (SSSR count). The number of piperazine rings is 1. The van der Waals surface area contributed by atoms with E-state index in [2.05, 4.69) is 25.7 Å². The Morgan fingerprint density at radius 3 is 2.36 bits per heavy atom. The van der Waals surface area contributed by atoms with Gasteiger partial charge in [0.05, 0.1) is 12.1 Å². The Kier molecular flexibility index (Phi) is 6.97. The summed E-state index contributed by atoms with van der Waals surface area (Å²) in [7, 11) is 0. The van der Waals surface area contributed by atoms with Crippen molar-refractivity contribution in [2.75, 3.05) is 45.8 Å². The van der Waals surface area contributed by atoms with E-state index in [1.165, 1.54) is 6.42 Å². The third-order valence-corrected chi connectivity index (χ3v) is 7.91. The normalized spacial score (nSPS) is 21.4. The number of aryl methyl sites for hydroxylation is 2. The minimum absolute atomic E-state index is 0.171. The van der Waals surface area contributed by atoms with Crippen LogP contribution in [0, 0.1) is 25.7 Å². The zero-order valence-electron chi connectivity index (χ0n) is 22.0. The number of rotatable bonds is 5. The fourth-order valence-electron chi connectivity index (χ4n) is 6.04. The Bertz CT molecular complexity index is 1270. The molecule has 1 aromatic carbocycles. The summed E-state index contributed by atoms with van der Waals surface area (Å²) in [5.74, 6) is 1.54. The van der Waals surface area contributed by atoms with Crippen molar-refractivity contribution in [2.24, 2.45) is 11.8 Å². The van der Waals surface area contributed by atoms with E-state index in [1.54, 1.807) is 0 Å². The molecule has 2 saturated heterocycles. The Morgan fingerprint density at radius 2 is 1.64 bits per heavy atom. The maximum absolute atomic E-state index is 13.0. The first-order valence-corrected chi connectivity index (χ1v) is 13.3. The molecule has 0 bridgehead atoms. The standard InChI is InChI=1S/C28H38N6O2/c1-19-15-20(2)17-33(16-19)27(36)18-31-11-13-32(14-12-31)26(35)10-9-23-21(3)29-28-24-7-5-6-8-25(24)30-34(28)22(23)4/h5-8,19-20H,9-18H2,1-4H3. The zero-order chi connectivity index (χ0) is 25.4. The van der Waals surface area contributed by atoms with E-state index in [-0.39, 0.29) is 11.8 Å². The summed E-state index contributed by atoms with van der Waals surface area (Å²) in [5.41, 5.74) is 4.91. The van der Waals surface area contributed by atoms with Crippen LogP contribution in [0.3, 0.4) is 0 Å². The molecule has 0 radical (unpaired) electrons. The summed E-state index contributed by atoms with van der Waals surface area (Å²) in [6.45, 7) is 13.6. The van der Waals surface area contributed by atoms with Crippen molar-refractivity contribution in [3.8, 4) is 0 Å². The summed E-state index contributed by atoms with van der Waals surface area (Å²) in [6, 6.07) is 8.05. The number of carbonyl (C=O) groups excluding carboxylic acids is 2. The van der Waals surface area contributed by atoms with Gasteiger partial charge in [0.15, 0.2) is 5.65 Å². The number of nitrogens with zero attached hydrogens (tertiary/aromatic N) is 6. The van der Waals surface area contributed by atoms with E-state index < -0.39 is 0 Å². The number of aromatic nitrogens is 3. The predicted octanol–water partition coefficient (Wildman–Crippen LogP) is 3.08. The second-order valence-corrected chi connectivity index (χ2v) is 10.9. The SMILES string of the molecule is Cc1nc2c3ccccc3nn2c(C)c1CCC(=O)N1CCN(CC(=O)N2CC(C)CC(C)C2)CC1. The predicted molar refractivity (Wildman–Crippen MR) is 141 cm³/mol. The van der Waals surface area contributed by atoms with Crippen LogP contribution in [0.4, 0.5) is 0 Å². The van der Waals surface area contributed by atoms with Crippen molar-refractivity contribution >= 4 is 28.4 Å². The first-order valence-electron chi connectivity index (χ1n) is 13.3. The molecule has 2 amide bonds. The van der Waals surface area contributed by atoms with E-state index in [0.717, 1.165) is 59.7 Å². The molecule has 36 heavy (non-hydrogen) atoms.